The number of unbranched alkanes of at least 4 members (excludes halogenated alkanes) is 2. The minimum Gasteiger partial charge on any atom is -0.0654 e. The zero-order valence-electron chi connectivity index (χ0n) is 9.05. The molecule has 0 N–H and O–H groups in total. The van der Waals surface area contributed by atoms with Gasteiger partial charge in [-0.1, -0.05) is 50.5 Å². The van der Waals surface area contributed by atoms with Gasteiger partial charge in [0, 0.05) is 5.92 Å². The minimum absolute atomic E-state index is 1.28. The van der Waals surface area contributed by atoms with Crippen LogP contribution in [-0.4, -0.2) is 0 Å². The van der Waals surface area contributed by atoms with Crippen molar-refractivity contribution in [3.8, 4) is 0 Å². The SMILES string of the molecule is CCCCC[C]1CCc2ccccc21. The summed E-state index contributed by atoms with van der Waals surface area (Å²) >= 11 is 0. The summed E-state index contributed by atoms with van der Waals surface area (Å²) in [5.41, 5.74) is 3.13. The second kappa shape index (κ2) is 4.63. The standard InChI is InChI=1S/C14H19/c1-2-3-4-7-12-10-11-13-8-5-6-9-14(12)13/h5-6,8-9H,2-4,7,10-11H2,1H3. The van der Waals surface area contributed by atoms with Crippen molar-refractivity contribution in [3.63, 3.8) is 0 Å². The van der Waals surface area contributed by atoms with Crippen LogP contribution in [0.5, 0.6) is 0 Å². The molecule has 1 aromatic carbocycles. The smallest absolute Gasteiger partial charge is 0.00559 e. The third kappa shape index (κ3) is 2.00. The highest BCUT2D eigenvalue weighted by Gasteiger charge is 2.21. The van der Waals surface area contributed by atoms with Gasteiger partial charge in [0.25, 0.3) is 0 Å². The lowest BCUT2D eigenvalue weighted by Gasteiger charge is -2.09. The topological polar surface area (TPSA) is 0 Å². The Balaban J connectivity index is 1.96. The maximum atomic E-state index is 2.30. The molecule has 1 aromatic rings. The van der Waals surface area contributed by atoms with Crippen LogP contribution in [0.3, 0.4) is 0 Å². The fraction of sp³-hybridized carbons (Fsp3) is 0.500. The summed E-state index contributed by atoms with van der Waals surface area (Å²) in [6.45, 7) is 2.27. The van der Waals surface area contributed by atoms with Gasteiger partial charge in [0.15, 0.2) is 0 Å². The maximum absolute atomic E-state index is 2.30. The molecular weight excluding hydrogens is 168 g/mol. The first-order valence-corrected chi connectivity index (χ1v) is 5.85. The van der Waals surface area contributed by atoms with E-state index in [9.17, 15) is 0 Å². The van der Waals surface area contributed by atoms with Crippen LogP contribution in [0, 0.1) is 5.92 Å². The average Bonchev–Trinajstić information content (AvgIpc) is 2.63. The van der Waals surface area contributed by atoms with E-state index >= 15 is 0 Å². The van der Waals surface area contributed by atoms with E-state index in [2.05, 4.69) is 31.2 Å². The minimum atomic E-state index is 1.28. The summed E-state index contributed by atoms with van der Waals surface area (Å²) < 4.78 is 0. The molecule has 0 bridgehead atoms. The van der Waals surface area contributed by atoms with Crippen molar-refractivity contribution in [2.75, 3.05) is 0 Å². The first-order chi connectivity index (χ1) is 6.92. The highest BCUT2D eigenvalue weighted by Crippen LogP contribution is 2.35. The van der Waals surface area contributed by atoms with Crippen LogP contribution in [0.25, 0.3) is 0 Å². The van der Waals surface area contributed by atoms with Gasteiger partial charge in [-0.2, -0.15) is 0 Å². The van der Waals surface area contributed by atoms with E-state index in [1.165, 1.54) is 38.5 Å². The molecule has 0 heterocycles. The third-order valence-corrected chi connectivity index (χ3v) is 3.18. The fourth-order valence-electron chi connectivity index (χ4n) is 2.35. The monoisotopic (exact) mass is 187 g/mol. The zero-order valence-corrected chi connectivity index (χ0v) is 9.05. The number of hydrogen-bond donors (Lipinski definition) is 0. The van der Waals surface area contributed by atoms with Gasteiger partial charge in [-0.25, -0.2) is 0 Å². The molecule has 0 heteroatoms. The van der Waals surface area contributed by atoms with Crippen LogP contribution in [0.2, 0.25) is 0 Å². The van der Waals surface area contributed by atoms with Crippen molar-refractivity contribution >= 4 is 0 Å². The van der Waals surface area contributed by atoms with Crippen LogP contribution in [0.4, 0.5) is 0 Å². The van der Waals surface area contributed by atoms with Crippen LogP contribution in [-0.2, 0) is 6.42 Å². The average molecular weight is 187 g/mol. The predicted octanol–water partition coefficient (Wildman–Crippen LogP) is 4.14. The van der Waals surface area contributed by atoms with Crippen molar-refractivity contribution in [3.05, 3.63) is 41.3 Å². The van der Waals surface area contributed by atoms with Crippen molar-refractivity contribution in [2.45, 2.75) is 45.4 Å². The normalized spacial score (nSPS) is 15.8. The summed E-state index contributed by atoms with van der Waals surface area (Å²) in [4.78, 5) is 0. The van der Waals surface area contributed by atoms with Gasteiger partial charge in [-0.15, -0.1) is 0 Å². The predicted molar refractivity (Wildman–Crippen MR) is 61.3 cm³/mol. The molecule has 0 aliphatic heterocycles. The molecule has 1 radical (unpaired) electrons. The van der Waals surface area contributed by atoms with Gasteiger partial charge in [0.05, 0.1) is 0 Å². The quantitative estimate of drug-likeness (QED) is 0.621. The molecule has 0 saturated carbocycles. The molecule has 75 valence electrons. The molecule has 1 aliphatic carbocycles. The van der Waals surface area contributed by atoms with Crippen molar-refractivity contribution in [1.29, 1.82) is 0 Å². The van der Waals surface area contributed by atoms with Gasteiger partial charge in [0.2, 0.25) is 0 Å². The molecule has 0 saturated heterocycles. The van der Waals surface area contributed by atoms with Gasteiger partial charge in [-0.3, -0.25) is 0 Å². The first-order valence-electron chi connectivity index (χ1n) is 5.85. The number of hydrogen-bond acceptors (Lipinski definition) is 0. The molecule has 0 spiro atoms. The lowest BCUT2D eigenvalue weighted by molar-refractivity contribution is 0.669. The molecular formula is C14H19. The summed E-state index contributed by atoms with van der Waals surface area (Å²) in [7, 11) is 0. The Hall–Kier alpha value is -0.780. The number of rotatable bonds is 4. The van der Waals surface area contributed by atoms with Gasteiger partial charge in [0.1, 0.15) is 0 Å². The Morgan fingerprint density at radius 2 is 1.93 bits per heavy atom. The summed E-state index contributed by atoms with van der Waals surface area (Å²) in [5, 5.41) is 0. The van der Waals surface area contributed by atoms with Crippen molar-refractivity contribution in [2.24, 2.45) is 0 Å². The maximum Gasteiger partial charge on any atom is 0.00559 e. The van der Waals surface area contributed by atoms with Crippen molar-refractivity contribution in [1.82, 2.24) is 0 Å². The van der Waals surface area contributed by atoms with E-state index in [0.717, 1.165) is 0 Å². The van der Waals surface area contributed by atoms with Crippen molar-refractivity contribution < 1.29 is 0 Å². The largest absolute Gasteiger partial charge is 0.0654 e. The van der Waals surface area contributed by atoms with Gasteiger partial charge >= 0.3 is 0 Å². The molecule has 1 aliphatic rings. The van der Waals surface area contributed by atoms with E-state index < -0.39 is 0 Å². The molecule has 2 rings (SSSR count). The first kappa shape index (κ1) is 9.76. The summed E-state index contributed by atoms with van der Waals surface area (Å²) in [6.07, 6.45) is 7.99. The van der Waals surface area contributed by atoms with Gasteiger partial charge in [-0.05, 0) is 30.4 Å². The summed E-state index contributed by atoms with van der Waals surface area (Å²) in [5.74, 6) is 1.70. The summed E-state index contributed by atoms with van der Waals surface area (Å²) in [6, 6.07) is 8.91. The number of fused-ring (bicyclic) bond motifs is 1. The molecule has 0 fully saturated rings. The molecule has 0 nitrogen and oxygen atoms in total. The molecule has 0 atom stereocenters. The van der Waals surface area contributed by atoms with Crippen LogP contribution in [0.15, 0.2) is 24.3 Å². The molecule has 0 unspecified atom stereocenters. The Bertz CT molecular complexity index is 288. The van der Waals surface area contributed by atoms with E-state index in [-0.39, 0.29) is 0 Å². The van der Waals surface area contributed by atoms with Crippen LogP contribution in [0.1, 0.15) is 50.2 Å². The van der Waals surface area contributed by atoms with E-state index in [0.29, 0.717) is 0 Å². The van der Waals surface area contributed by atoms with E-state index in [4.69, 9.17) is 0 Å². The Labute approximate surface area is 87.3 Å². The Morgan fingerprint density at radius 3 is 2.79 bits per heavy atom. The second-order valence-corrected chi connectivity index (χ2v) is 4.22. The van der Waals surface area contributed by atoms with Crippen LogP contribution >= 0.6 is 0 Å². The molecule has 0 aromatic heterocycles. The fourth-order valence-corrected chi connectivity index (χ4v) is 2.35. The second-order valence-electron chi connectivity index (χ2n) is 4.22. The molecule has 14 heavy (non-hydrogen) atoms. The lowest BCUT2D eigenvalue weighted by atomic mass is 9.95. The lowest BCUT2D eigenvalue weighted by Crippen LogP contribution is -1.94. The zero-order chi connectivity index (χ0) is 9.80. The Morgan fingerprint density at radius 1 is 1.07 bits per heavy atom. The number of benzene rings is 1. The third-order valence-electron chi connectivity index (χ3n) is 3.18. The van der Waals surface area contributed by atoms with E-state index in [1.54, 1.807) is 17.0 Å². The van der Waals surface area contributed by atoms with E-state index in [1.807, 2.05) is 0 Å². The molecule has 0 amide bonds. The highest BCUT2D eigenvalue weighted by atomic mass is 14.2. The highest BCUT2D eigenvalue weighted by molar-refractivity contribution is 5.43. The Kier molecular flexibility index (Phi) is 3.23. The number of aryl methyl sites for hydroxylation is 1. The van der Waals surface area contributed by atoms with Crippen LogP contribution < -0.4 is 0 Å². The van der Waals surface area contributed by atoms with Gasteiger partial charge < -0.3 is 0 Å².